The summed E-state index contributed by atoms with van der Waals surface area (Å²) in [6.07, 6.45) is 3.72. The Morgan fingerprint density at radius 3 is 2.80 bits per heavy atom. The van der Waals surface area contributed by atoms with E-state index < -0.39 is 0 Å². The zero-order valence-corrected chi connectivity index (χ0v) is 10.1. The molecule has 0 aliphatic carbocycles. The van der Waals surface area contributed by atoms with Gasteiger partial charge in [-0.1, -0.05) is 13.8 Å². The second kappa shape index (κ2) is 6.62. The van der Waals surface area contributed by atoms with Crippen LogP contribution in [0.5, 0.6) is 0 Å². The Hall–Kier alpha value is -0.830. The van der Waals surface area contributed by atoms with Gasteiger partial charge in [-0.25, -0.2) is 9.97 Å². The van der Waals surface area contributed by atoms with E-state index in [1.165, 1.54) is 0 Å². The number of nitrogens with zero attached hydrogens (tertiary/aromatic N) is 2. The van der Waals surface area contributed by atoms with Gasteiger partial charge in [-0.05, 0) is 18.8 Å². The molecule has 15 heavy (non-hydrogen) atoms. The van der Waals surface area contributed by atoms with Gasteiger partial charge in [0.05, 0.1) is 0 Å². The highest BCUT2D eigenvalue weighted by molar-refractivity contribution is 6.17. The van der Waals surface area contributed by atoms with E-state index in [9.17, 15) is 0 Å². The molecule has 0 fully saturated rings. The molecule has 0 spiro atoms. The molecular formula is C11H18ClN3. The van der Waals surface area contributed by atoms with Crippen LogP contribution in [0.1, 0.15) is 38.3 Å². The summed E-state index contributed by atoms with van der Waals surface area (Å²) in [6.45, 7) is 5.17. The number of aromatic nitrogens is 2. The zero-order chi connectivity index (χ0) is 11.1. The lowest BCUT2D eigenvalue weighted by molar-refractivity contribution is 0.807. The number of anilines is 1. The van der Waals surface area contributed by atoms with Crippen LogP contribution in [-0.2, 0) is 0 Å². The lowest BCUT2D eigenvalue weighted by atomic mass is 10.1. The van der Waals surface area contributed by atoms with Crippen LogP contribution in [0.4, 0.5) is 5.82 Å². The van der Waals surface area contributed by atoms with Gasteiger partial charge in [0, 0.05) is 24.2 Å². The largest absolute Gasteiger partial charge is 0.370 e. The normalized spacial score (nSPS) is 10.7. The number of alkyl halides is 1. The van der Waals surface area contributed by atoms with Crippen LogP contribution in [0.25, 0.3) is 0 Å². The maximum atomic E-state index is 5.60. The van der Waals surface area contributed by atoms with Crippen molar-refractivity contribution in [1.29, 1.82) is 0 Å². The Morgan fingerprint density at radius 2 is 2.13 bits per heavy atom. The standard InChI is InChI=1S/C11H18ClN3/c1-9(2)10-7-11(15-8-14-10)13-6-4-3-5-12/h7-9H,3-6H2,1-2H3,(H,13,14,15). The third-order valence-electron chi connectivity index (χ3n) is 2.15. The molecule has 0 amide bonds. The van der Waals surface area contributed by atoms with E-state index in [0.717, 1.165) is 36.8 Å². The van der Waals surface area contributed by atoms with E-state index in [1.807, 2.05) is 6.07 Å². The van der Waals surface area contributed by atoms with Crippen LogP contribution in [0.3, 0.4) is 0 Å². The highest BCUT2D eigenvalue weighted by Crippen LogP contribution is 2.13. The molecule has 3 nitrogen and oxygen atoms in total. The van der Waals surface area contributed by atoms with Gasteiger partial charge in [-0.3, -0.25) is 0 Å². The van der Waals surface area contributed by atoms with Crippen LogP contribution >= 0.6 is 11.6 Å². The van der Waals surface area contributed by atoms with E-state index in [0.29, 0.717) is 5.92 Å². The molecule has 0 saturated heterocycles. The van der Waals surface area contributed by atoms with Crippen molar-refractivity contribution in [3.63, 3.8) is 0 Å². The summed E-state index contributed by atoms with van der Waals surface area (Å²) < 4.78 is 0. The van der Waals surface area contributed by atoms with Gasteiger partial charge in [0.25, 0.3) is 0 Å². The van der Waals surface area contributed by atoms with Crippen molar-refractivity contribution in [3.8, 4) is 0 Å². The fourth-order valence-electron chi connectivity index (χ4n) is 1.22. The number of unbranched alkanes of at least 4 members (excludes halogenated alkanes) is 1. The number of hydrogen-bond donors (Lipinski definition) is 1. The summed E-state index contributed by atoms with van der Waals surface area (Å²) in [5, 5.41) is 3.26. The van der Waals surface area contributed by atoms with E-state index in [-0.39, 0.29) is 0 Å². The van der Waals surface area contributed by atoms with E-state index in [4.69, 9.17) is 11.6 Å². The highest BCUT2D eigenvalue weighted by Gasteiger charge is 2.01. The summed E-state index contributed by atoms with van der Waals surface area (Å²) in [4.78, 5) is 8.38. The van der Waals surface area contributed by atoms with Crippen LogP contribution in [0, 0.1) is 0 Å². The molecule has 1 aromatic rings. The van der Waals surface area contributed by atoms with Crippen LogP contribution in [0.15, 0.2) is 12.4 Å². The molecule has 0 atom stereocenters. The van der Waals surface area contributed by atoms with Gasteiger partial charge >= 0.3 is 0 Å². The predicted molar refractivity (Wildman–Crippen MR) is 64.6 cm³/mol. The first-order chi connectivity index (χ1) is 7.24. The summed E-state index contributed by atoms with van der Waals surface area (Å²) in [5.74, 6) is 2.07. The van der Waals surface area contributed by atoms with E-state index >= 15 is 0 Å². The Kier molecular flexibility index (Phi) is 5.40. The number of hydrogen-bond acceptors (Lipinski definition) is 3. The molecular weight excluding hydrogens is 210 g/mol. The van der Waals surface area contributed by atoms with Crippen molar-refractivity contribution < 1.29 is 0 Å². The molecule has 0 aliphatic heterocycles. The second-order valence-corrected chi connectivity index (χ2v) is 4.18. The topological polar surface area (TPSA) is 37.8 Å². The minimum absolute atomic E-state index is 0.441. The van der Waals surface area contributed by atoms with Gasteiger partial charge in [0.2, 0.25) is 0 Å². The SMILES string of the molecule is CC(C)c1cc(NCCCCCl)ncn1. The molecule has 0 aromatic carbocycles. The maximum absolute atomic E-state index is 5.60. The second-order valence-electron chi connectivity index (χ2n) is 3.81. The fourth-order valence-corrected chi connectivity index (χ4v) is 1.41. The first-order valence-electron chi connectivity index (χ1n) is 5.36. The van der Waals surface area contributed by atoms with Gasteiger partial charge in [-0.2, -0.15) is 0 Å². The monoisotopic (exact) mass is 227 g/mol. The van der Waals surface area contributed by atoms with Crippen LogP contribution in [0.2, 0.25) is 0 Å². The molecule has 84 valence electrons. The van der Waals surface area contributed by atoms with Crippen LogP contribution in [-0.4, -0.2) is 22.4 Å². The predicted octanol–water partition coefficient (Wildman–Crippen LogP) is 3.03. The molecule has 1 heterocycles. The average Bonchev–Trinajstić information content (AvgIpc) is 2.25. The molecule has 4 heteroatoms. The third kappa shape index (κ3) is 4.47. The number of halogens is 1. The molecule has 0 aliphatic rings. The lowest BCUT2D eigenvalue weighted by Crippen LogP contribution is -2.05. The average molecular weight is 228 g/mol. The minimum Gasteiger partial charge on any atom is -0.370 e. The maximum Gasteiger partial charge on any atom is 0.129 e. The Labute approximate surface area is 96.3 Å². The van der Waals surface area contributed by atoms with Crippen molar-refractivity contribution in [2.45, 2.75) is 32.6 Å². The van der Waals surface area contributed by atoms with Crippen molar-refractivity contribution in [2.24, 2.45) is 0 Å². The first kappa shape index (κ1) is 12.2. The zero-order valence-electron chi connectivity index (χ0n) is 9.33. The molecule has 0 saturated carbocycles. The van der Waals surface area contributed by atoms with Crippen LogP contribution < -0.4 is 5.32 Å². The van der Waals surface area contributed by atoms with Gasteiger partial charge in [0.15, 0.2) is 0 Å². The highest BCUT2D eigenvalue weighted by atomic mass is 35.5. The smallest absolute Gasteiger partial charge is 0.129 e. The van der Waals surface area contributed by atoms with Crippen molar-refractivity contribution >= 4 is 17.4 Å². The summed E-state index contributed by atoms with van der Waals surface area (Å²) in [7, 11) is 0. The van der Waals surface area contributed by atoms with Gasteiger partial charge in [0.1, 0.15) is 12.1 Å². The molecule has 0 bridgehead atoms. The van der Waals surface area contributed by atoms with Crippen molar-refractivity contribution in [2.75, 3.05) is 17.7 Å². The fraction of sp³-hybridized carbons (Fsp3) is 0.636. The van der Waals surface area contributed by atoms with Crippen molar-refractivity contribution in [3.05, 3.63) is 18.1 Å². The quantitative estimate of drug-likeness (QED) is 0.600. The minimum atomic E-state index is 0.441. The summed E-state index contributed by atoms with van der Waals surface area (Å²) in [6, 6.07) is 2.01. The number of rotatable bonds is 6. The van der Waals surface area contributed by atoms with Crippen molar-refractivity contribution in [1.82, 2.24) is 9.97 Å². The molecule has 1 N–H and O–H groups in total. The Bertz CT molecular complexity index is 289. The molecule has 0 radical (unpaired) electrons. The van der Waals surface area contributed by atoms with E-state index in [1.54, 1.807) is 6.33 Å². The summed E-state index contributed by atoms with van der Waals surface area (Å²) >= 11 is 5.60. The van der Waals surface area contributed by atoms with Gasteiger partial charge < -0.3 is 5.32 Å². The number of nitrogens with one attached hydrogen (secondary N) is 1. The lowest BCUT2D eigenvalue weighted by Gasteiger charge is -2.07. The Morgan fingerprint density at radius 1 is 1.33 bits per heavy atom. The Balaban J connectivity index is 2.43. The molecule has 1 rings (SSSR count). The van der Waals surface area contributed by atoms with E-state index in [2.05, 4.69) is 29.1 Å². The summed E-state index contributed by atoms with van der Waals surface area (Å²) in [5.41, 5.74) is 1.07. The molecule has 1 aromatic heterocycles. The third-order valence-corrected chi connectivity index (χ3v) is 2.41. The molecule has 0 unspecified atom stereocenters. The van der Waals surface area contributed by atoms with Gasteiger partial charge in [-0.15, -0.1) is 11.6 Å². The first-order valence-corrected chi connectivity index (χ1v) is 5.89.